The summed E-state index contributed by atoms with van der Waals surface area (Å²) in [4.78, 5) is 4.42. The predicted octanol–water partition coefficient (Wildman–Crippen LogP) is 5.84. The summed E-state index contributed by atoms with van der Waals surface area (Å²) >= 11 is 9.44. The van der Waals surface area contributed by atoms with Gasteiger partial charge in [0.25, 0.3) is 0 Å². The minimum absolute atomic E-state index is 0.434. The van der Waals surface area contributed by atoms with E-state index in [1.165, 1.54) is 0 Å². The summed E-state index contributed by atoms with van der Waals surface area (Å²) in [5.41, 5.74) is 2.07. The standard InChI is InChI=1S/C17H13BrClNO/c1-11-6-7-13(18)8-16(11)21-17-15-5-3-2-4-14(15)12(9-19)10-20-17/h2-8,10H,9H2,1H3. The molecule has 0 fully saturated rings. The predicted molar refractivity (Wildman–Crippen MR) is 90.3 cm³/mol. The lowest BCUT2D eigenvalue weighted by atomic mass is 10.1. The first-order valence-electron chi connectivity index (χ1n) is 6.55. The summed E-state index contributed by atoms with van der Waals surface area (Å²) in [5, 5.41) is 2.04. The van der Waals surface area contributed by atoms with Gasteiger partial charge in [0.05, 0.1) is 0 Å². The molecule has 3 aromatic rings. The number of aromatic nitrogens is 1. The maximum atomic E-state index is 6.02. The molecule has 0 bridgehead atoms. The first-order valence-corrected chi connectivity index (χ1v) is 7.88. The van der Waals surface area contributed by atoms with Gasteiger partial charge in [-0.1, -0.05) is 40.2 Å². The Hall–Kier alpha value is -1.58. The Labute approximate surface area is 136 Å². The highest BCUT2D eigenvalue weighted by atomic mass is 79.9. The third kappa shape index (κ3) is 2.89. The SMILES string of the molecule is Cc1ccc(Br)cc1Oc1ncc(CCl)c2ccccc12. The van der Waals surface area contributed by atoms with E-state index >= 15 is 0 Å². The fourth-order valence-electron chi connectivity index (χ4n) is 2.20. The topological polar surface area (TPSA) is 22.1 Å². The van der Waals surface area contributed by atoms with Gasteiger partial charge in [-0.25, -0.2) is 4.98 Å². The summed E-state index contributed by atoms with van der Waals surface area (Å²) in [6.45, 7) is 2.01. The van der Waals surface area contributed by atoms with Crippen molar-refractivity contribution in [2.24, 2.45) is 0 Å². The maximum Gasteiger partial charge on any atom is 0.227 e. The van der Waals surface area contributed by atoms with Crippen LogP contribution in [0.2, 0.25) is 0 Å². The minimum Gasteiger partial charge on any atom is -0.438 e. The minimum atomic E-state index is 0.434. The Morgan fingerprint density at radius 2 is 1.90 bits per heavy atom. The highest BCUT2D eigenvalue weighted by Gasteiger charge is 2.10. The first-order chi connectivity index (χ1) is 10.2. The van der Waals surface area contributed by atoms with Crippen LogP contribution in [-0.4, -0.2) is 4.98 Å². The third-order valence-corrected chi connectivity index (χ3v) is 4.12. The molecular weight excluding hydrogens is 350 g/mol. The van der Waals surface area contributed by atoms with Gasteiger partial charge in [-0.15, -0.1) is 11.6 Å². The molecule has 0 aliphatic heterocycles. The molecule has 0 saturated heterocycles. The number of halogens is 2. The van der Waals surface area contributed by atoms with Crippen LogP contribution >= 0.6 is 27.5 Å². The quantitative estimate of drug-likeness (QED) is 0.546. The second kappa shape index (κ2) is 6.04. The zero-order valence-electron chi connectivity index (χ0n) is 11.4. The summed E-state index contributed by atoms with van der Waals surface area (Å²) in [5.74, 6) is 1.82. The molecular formula is C17H13BrClNO. The van der Waals surface area contributed by atoms with Gasteiger partial charge in [0, 0.05) is 21.9 Å². The monoisotopic (exact) mass is 361 g/mol. The van der Waals surface area contributed by atoms with Crippen molar-refractivity contribution >= 4 is 38.3 Å². The van der Waals surface area contributed by atoms with Gasteiger partial charge in [0.1, 0.15) is 5.75 Å². The highest BCUT2D eigenvalue weighted by molar-refractivity contribution is 9.10. The Morgan fingerprint density at radius 3 is 2.67 bits per heavy atom. The number of benzene rings is 2. The van der Waals surface area contributed by atoms with Gasteiger partial charge in [-0.05, 0) is 41.6 Å². The van der Waals surface area contributed by atoms with Crippen molar-refractivity contribution in [1.82, 2.24) is 4.98 Å². The molecule has 0 amide bonds. The lowest BCUT2D eigenvalue weighted by molar-refractivity contribution is 0.465. The Morgan fingerprint density at radius 1 is 1.14 bits per heavy atom. The van der Waals surface area contributed by atoms with Gasteiger partial charge in [-0.2, -0.15) is 0 Å². The van der Waals surface area contributed by atoms with E-state index in [2.05, 4.69) is 20.9 Å². The molecule has 1 aromatic heterocycles. The van der Waals surface area contributed by atoms with Crippen LogP contribution in [0.15, 0.2) is 53.1 Å². The van der Waals surface area contributed by atoms with Crippen molar-refractivity contribution in [3.05, 3.63) is 64.3 Å². The molecule has 0 aliphatic carbocycles. The van der Waals surface area contributed by atoms with Crippen molar-refractivity contribution in [3.63, 3.8) is 0 Å². The lowest BCUT2D eigenvalue weighted by Gasteiger charge is -2.12. The molecule has 0 unspecified atom stereocenters. The molecule has 0 spiro atoms. The van der Waals surface area contributed by atoms with E-state index in [0.29, 0.717) is 11.8 Å². The normalized spacial score (nSPS) is 10.8. The highest BCUT2D eigenvalue weighted by Crippen LogP contribution is 2.32. The summed E-state index contributed by atoms with van der Waals surface area (Å²) in [7, 11) is 0. The number of aryl methyl sites for hydroxylation is 1. The summed E-state index contributed by atoms with van der Waals surface area (Å²) in [6, 6.07) is 14.0. The molecule has 0 saturated carbocycles. The van der Waals surface area contributed by atoms with E-state index in [0.717, 1.165) is 32.1 Å². The fraction of sp³-hybridized carbons (Fsp3) is 0.118. The van der Waals surface area contributed by atoms with Crippen molar-refractivity contribution in [2.75, 3.05) is 0 Å². The van der Waals surface area contributed by atoms with E-state index in [1.807, 2.05) is 49.4 Å². The number of rotatable bonds is 3. The van der Waals surface area contributed by atoms with Crippen LogP contribution in [0.4, 0.5) is 0 Å². The molecule has 3 rings (SSSR count). The zero-order valence-corrected chi connectivity index (χ0v) is 13.8. The molecule has 1 heterocycles. The molecule has 0 radical (unpaired) electrons. The molecule has 2 aromatic carbocycles. The molecule has 0 atom stereocenters. The molecule has 0 N–H and O–H groups in total. The second-order valence-electron chi connectivity index (χ2n) is 4.78. The van der Waals surface area contributed by atoms with Crippen LogP contribution in [0.25, 0.3) is 10.8 Å². The van der Waals surface area contributed by atoms with Crippen LogP contribution in [0.1, 0.15) is 11.1 Å². The van der Waals surface area contributed by atoms with E-state index in [9.17, 15) is 0 Å². The number of hydrogen-bond acceptors (Lipinski definition) is 2. The van der Waals surface area contributed by atoms with Crippen molar-refractivity contribution in [3.8, 4) is 11.6 Å². The van der Waals surface area contributed by atoms with Gasteiger partial charge in [-0.3, -0.25) is 0 Å². The number of alkyl halides is 1. The number of fused-ring (bicyclic) bond motifs is 1. The first kappa shape index (κ1) is 14.4. The largest absolute Gasteiger partial charge is 0.438 e. The average Bonchev–Trinajstić information content (AvgIpc) is 2.51. The van der Waals surface area contributed by atoms with Crippen molar-refractivity contribution in [2.45, 2.75) is 12.8 Å². The van der Waals surface area contributed by atoms with E-state index in [-0.39, 0.29) is 0 Å². The maximum absolute atomic E-state index is 6.02. The number of pyridine rings is 1. The number of hydrogen-bond donors (Lipinski definition) is 0. The van der Waals surface area contributed by atoms with Crippen LogP contribution in [-0.2, 0) is 5.88 Å². The molecule has 21 heavy (non-hydrogen) atoms. The lowest BCUT2D eigenvalue weighted by Crippen LogP contribution is -1.94. The second-order valence-corrected chi connectivity index (χ2v) is 5.96. The Balaban J connectivity index is 2.11. The van der Waals surface area contributed by atoms with Crippen LogP contribution in [0.3, 0.4) is 0 Å². The van der Waals surface area contributed by atoms with E-state index in [1.54, 1.807) is 6.20 Å². The van der Waals surface area contributed by atoms with Crippen molar-refractivity contribution < 1.29 is 4.74 Å². The van der Waals surface area contributed by atoms with Crippen LogP contribution in [0, 0.1) is 6.92 Å². The van der Waals surface area contributed by atoms with Gasteiger partial charge in [0.2, 0.25) is 5.88 Å². The summed E-state index contributed by atoms with van der Waals surface area (Å²) in [6.07, 6.45) is 1.78. The van der Waals surface area contributed by atoms with Gasteiger partial charge in [0.15, 0.2) is 0 Å². The average molecular weight is 363 g/mol. The number of ether oxygens (including phenoxy) is 1. The fourth-order valence-corrected chi connectivity index (χ4v) is 2.75. The van der Waals surface area contributed by atoms with Crippen molar-refractivity contribution in [1.29, 1.82) is 0 Å². The smallest absolute Gasteiger partial charge is 0.227 e. The molecule has 0 aliphatic rings. The van der Waals surface area contributed by atoms with Gasteiger partial charge < -0.3 is 4.74 Å². The van der Waals surface area contributed by atoms with Crippen LogP contribution in [0.5, 0.6) is 11.6 Å². The van der Waals surface area contributed by atoms with Gasteiger partial charge >= 0.3 is 0 Å². The van der Waals surface area contributed by atoms with Crippen LogP contribution < -0.4 is 4.74 Å². The van der Waals surface area contributed by atoms with E-state index < -0.39 is 0 Å². The Kier molecular flexibility index (Phi) is 4.13. The Bertz CT molecular complexity index is 804. The van der Waals surface area contributed by atoms with E-state index in [4.69, 9.17) is 16.3 Å². The molecule has 4 heteroatoms. The number of nitrogens with zero attached hydrogens (tertiary/aromatic N) is 1. The molecule has 106 valence electrons. The molecule has 2 nitrogen and oxygen atoms in total. The zero-order chi connectivity index (χ0) is 14.8. The summed E-state index contributed by atoms with van der Waals surface area (Å²) < 4.78 is 7.00. The third-order valence-electron chi connectivity index (χ3n) is 3.34.